The minimum Gasteiger partial charge on any atom is -0.423 e. The summed E-state index contributed by atoms with van der Waals surface area (Å²) in [5, 5.41) is 0. The first kappa shape index (κ1) is 12.1. The fraction of sp³-hybridized carbons (Fsp3) is 0.0625. The fourth-order valence-corrected chi connectivity index (χ4v) is 1.70. The van der Waals surface area contributed by atoms with E-state index in [1.54, 1.807) is 12.1 Å². The standard InChI is InChI=1S/C16H14O2/c1-3-16(17)18-15-9-7-13(8-10-15)14-6-4-5-12(2)11-14/h3-11H,1H2,2H3. The number of carbonyl (C=O) groups is 1. The number of hydrogen-bond acceptors (Lipinski definition) is 2. The van der Waals surface area contributed by atoms with Gasteiger partial charge in [0.25, 0.3) is 0 Å². The Bertz CT molecular complexity index is 568. The smallest absolute Gasteiger partial charge is 0.335 e. The molecular formula is C16H14O2. The largest absolute Gasteiger partial charge is 0.423 e. The van der Waals surface area contributed by atoms with Crippen LogP contribution in [0.2, 0.25) is 0 Å². The summed E-state index contributed by atoms with van der Waals surface area (Å²) >= 11 is 0. The molecule has 0 unspecified atom stereocenters. The first-order valence-electron chi connectivity index (χ1n) is 5.70. The van der Waals surface area contributed by atoms with Crippen LogP contribution in [0.15, 0.2) is 61.2 Å². The van der Waals surface area contributed by atoms with Crippen LogP contribution in [0.5, 0.6) is 5.75 Å². The van der Waals surface area contributed by atoms with Crippen molar-refractivity contribution in [3.05, 3.63) is 66.7 Å². The van der Waals surface area contributed by atoms with Crippen LogP contribution in [-0.2, 0) is 4.79 Å². The molecule has 0 aromatic heterocycles. The number of esters is 1. The molecule has 2 nitrogen and oxygen atoms in total. The van der Waals surface area contributed by atoms with Crippen molar-refractivity contribution in [2.24, 2.45) is 0 Å². The summed E-state index contributed by atoms with van der Waals surface area (Å²) in [6.45, 7) is 5.42. The zero-order valence-corrected chi connectivity index (χ0v) is 10.2. The lowest BCUT2D eigenvalue weighted by Crippen LogP contribution is -2.02. The average molecular weight is 238 g/mol. The topological polar surface area (TPSA) is 26.3 Å². The average Bonchev–Trinajstić information content (AvgIpc) is 2.39. The summed E-state index contributed by atoms with van der Waals surface area (Å²) in [6.07, 6.45) is 1.15. The van der Waals surface area contributed by atoms with Crippen molar-refractivity contribution < 1.29 is 9.53 Å². The second-order valence-corrected chi connectivity index (χ2v) is 4.02. The van der Waals surface area contributed by atoms with E-state index in [-0.39, 0.29) is 0 Å². The predicted octanol–water partition coefficient (Wildman–Crippen LogP) is 3.75. The van der Waals surface area contributed by atoms with Gasteiger partial charge in [-0.1, -0.05) is 48.5 Å². The first-order chi connectivity index (χ1) is 8.69. The molecule has 0 N–H and O–H groups in total. The van der Waals surface area contributed by atoms with Gasteiger partial charge in [0.2, 0.25) is 0 Å². The fourth-order valence-electron chi connectivity index (χ4n) is 1.70. The summed E-state index contributed by atoms with van der Waals surface area (Å²) in [4.78, 5) is 11.0. The summed E-state index contributed by atoms with van der Waals surface area (Å²) in [7, 11) is 0. The monoisotopic (exact) mass is 238 g/mol. The van der Waals surface area contributed by atoms with Crippen molar-refractivity contribution in [1.82, 2.24) is 0 Å². The zero-order chi connectivity index (χ0) is 13.0. The Kier molecular flexibility index (Phi) is 3.58. The summed E-state index contributed by atoms with van der Waals surface area (Å²) in [5.74, 6) is 0.0783. The molecule has 0 aliphatic heterocycles. The first-order valence-corrected chi connectivity index (χ1v) is 5.70. The number of ether oxygens (including phenoxy) is 1. The van der Waals surface area contributed by atoms with Gasteiger partial charge in [-0.2, -0.15) is 0 Å². The number of rotatable bonds is 3. The van der Waals surface area contributed by atoms with Crippen molar-refractivity contribution in [2.75, 3.05) is 0 Å². The second kappa shape index (κ2) is 5.32. The maximum absolute atomic E-state index is 11.0. The van der Waals surface area contributed by atoms with Crippen molar-refractivity contribution in [3.63, 3.8) is 0 Å². The third kappa shape index (κ3) is 2.86. The molecule has 90 valence electrons. The summed E-state index contributed by atoms with van der Waals surface area (Å²) in [6, 6.07) is 15.7. The zero-order valence-electron chi connectivity index (χ0n) is 10.2. The molecule has 0 saturated heterocycles. The molecule has 2 aromatic carbocycles. The Morgan fingerprint density at radius 3 is 2.44 bits per heavy atom. The van der Waals surface area contributed by atoms with Crippen LogP contribution >= 0.6 is 0 Å². The lowest BCUT2D eigenvalue weighted by molar-refractivity contribution is -0.128. The Morgan fingerprint density at radius 2 is 1.83 bits per heavy atom. The van der Waals surface area contributed by atoms with Gasteiger partial charge in [0.15, 0.2) is 0 Å². The van der Waals surface area contributed by atoms with Crippen molar-refractivity contribution in [1.29, 1.82) is 0 Å². The maximum atomic E-state index is 11.0. The van der Waals surface area contributed by atoms with Gasteiger partial charge in [-0.15, -0.1) is 0 Å². The predicted molar refractivity (Wildman–Crippen MR) is 72.4 cm³/mol. The van der Waals surface area contributed by atoms with Crippen LogP contribution in [-0.4, -0.2) is 5.97 Å². The lowest BCUT2D eigenvalue weighted by Gasteiger charge is -2.05. The molecule has 18 heavy (non-hydrogen) atoms. The SMILES string of the molecule is C=CC(=O)Oc1ccc(-c2cccc(C)c2)cc1. The van der Waals surface area contributed by atoms with Gasteiger partial charge in [-0.25, -0.2) is 4.79 Å². The molecule has 2 heteroatoms. The second-order valence-electron chi connectivity index (χ2n) is 4.02. The van der Waals surface area contributed by atoms with Crippen molar-refractivity contribution in [3.8, 4) is 16.9 Å². The molecule has 2 rings (SSSR count). The molecular weight excluding hydrogens is 224 g/mol. The molecule has 0 heterocycles. The summed E-state index contributed by atoms with van der Waals surface area (Å²) in [5.41, 5.74) is 3.46. The van der Waals surface area contributed by atoms with Crippen LogP contribution in [0.1, 0.15) is 5.56 Å². The van der Waals surface area contributed by atoms with Gasteiger partial charge in [0, 0.05) is 6.08 Å². The molecule has 0 spiro atoms. The Morgan fingerprint density at radius 1 is 1.11 bits per heavy atom. The molecule has 0 aliphatic carbocycles. The Balaban J connectivity index is 2.22. The number of aryl methyl sites for hydroxylation is 1. The Hall–Kier alpha value is -2.35. The highest BCUT2D eigenvalue weighted by Crippen LogP contribution is 2.23. The third-order valence-electron chi connectivity index (χ3n) is 2.59. The highest BCUT2D eigenvalue weighted by Gasteiger charge is 2.01. The van der Waals surface area contributed by atoms with Gasteiger partial charge in [0.1, 0.15) is 5.75 Å². The van der Waals surface area contributed by atoms with E-state index >= 15 is 0 Å². The molecule has 0 fully saturated rings. The molecule has 0 amide bonds. The van der Waals surface area contributed by atoms with Gasteiger partial charge in [-0.05, 0) is 30.2 Å². The highest BCUT2D eigenvalue weighted by atomic mass is 16.5. The van der Waals surface area contributed by atoms with E-state index in [0.717, 1.165) is 17.2 Å². The number of benzene rings is 2. The number of hydrogen-bond donors (Lipinski definition) is 0. The van der Waals surface area contributed by atoms with Crippen LogP contribution in [0, 0.1) is 6.92 Å². The van der Waals surface area contributed by atoms with E-state index in [9.17, 15) is 4.79 Å². The quantitative estimate of drug-likeness (QED) is 0.462. The van der Waals surface area contributed by atoms with E-state index in [2.05, 4.69) is 31.7 Å². The van der Waals surface area contributed by atoms with E-state index < -0.39 is 5.97 Å². The summed E-state index contributed by atoms with van der Waals surface area (Å²) < 4.78 is 5.02. The van der Waals surface area contributed by atoms with Crippen LogP contribution in [0.4, 0.5) is 0 Å². The van der Waals surface area contributed by atoms with Gasteiger partial charge >= 0.3 is 5.97 Å². The van der Waals surface area contributed by atoms with E-state index in [4.69, 9.17) is 4.74 Å². The van der Waals surface area contributed by atoms with Crippen LogP contribution in [0.25, 0.3) is 11.1 Å². The normalized spacial score (nSPS) is 9.83. The van der Waals surface area contributed by atoms with E-state index in [1.165, 1.54) is 5.56 Å². The maximum Gasteiger partial charge on any atom is 0.335 e. The van der Waals surface area contributed by atoms with Crippen molar-refractivity contribution in [2.45, 2.75) is 6.92 Å². The minimum atomic E-state index is -0.446. The van der Waals surface area contributed by atoms with Gasteiger partial charge in [-0.3, -0.25) is 0 Å². The van der Waals surface area contributed by atoms with Gasteiger partial charge < -0.3 is 4.74 Å². The molecule has 0 atom stereocenters. The van der Waals surface area contributed by atoms with Crippen LogP contribution < -0.4 is 4.74 Å². The Labute approximate surface area is 107 Å². The molecule has 0 radical (unpaired) electrons. The molecule has 0 aliphatic rings. The van der Waals surface area contributed by atoms with E-state index in [1.807, 2.05) is 18.2 Å². The minimum absolute atomic E-state index is 0.446. The number of carbonyl (C=O) groups excluding carboxylic acids is 1. The third-order valence-corrected chi connectivity index (χ3v) is 2.59. The van der Waals surface area contributed by atoms with Crippen LogP contribution in [0.3, 0.4) is 0 Å². The molecule has 0 bridgehead atoms. The molecule has 0 saturated carbocycles. The lowest BCUT2D eigenvalue weighted by atomic mass is 10.0. The molecule has 2 aromatic rings. The van der Waals surface area contributed by atoms with Crippen molar-refractivity contribution >= 4 is 5.97 Å². The highest BCUT2D eigenvalue weighted by molar-refractivity contribution is 5.83. The van der Waals surface area contributed by atoms with E-state index in [0.29, 0.717) is 5.75 Å². The van der Waals surface area contributed by atoms with Gasteiger partial charge in [0.05, 0.1) is 0 Å².